The number of carbonyl (C=O) groups excluding carboxylic acids is 1. The third-order valence-corrected chi connectivity index (χ3v) is 5.22. The van der Waals surface area contributed by atoms with Gasteiger partial charge < -0.3 is 47.4 Å². The fourth-order valence-corrected chi connectivity index (χ4v) is 3.02. The zero-order chi connectivity index (χ0) is 29.2. The van der Waals surface area contributed by atoms with Crippen LogP contribution in [0.1, 0.15) is 32.6 Å². The van der Waals surface area contributed by atoms with Crippen molar-refractivity contribution < 1.29 is 52.2 Å². The molecule has 0 saturated carbocycles. The molecule has 0 unspecified atom stereocenters. The average molecular weight is 601 g/mol. The first kappa shape index (κ1) is 39.1. The van der Waals surface area contributed by atoms with Gasteiger partial charge in [0.05, 0.1) is 112 Å². The molecule has 0 aromatic carbocycles. The molecule has 0 aromatic heterocycles. The monoisotopic (exact) mass is 600 g/mol. The molecule has 0 saturated heterocycles. The van der Waals surface area contributed by atoms with Crippen LogP contribution >= 0.6 is 11.6 Å². The lowest BCUT2D eigenvalue weighted by atomic mass is 10.2. The van der Waals surface area contributed by atoms with Crippen molar-refractivity contribution in [2.45, 2.75) is 32.6 Å². The van der Waals surface area contributed by atoms with Crippen LogP contribution in [0.4, 0.5) is 0 Å². The van der Waals surface area contributed by atoms with Crippen LogP contribution in [-0.4, -0.2) is 137 Å². The Morgan fingerprint density at radius 3 is 1.02 bits per heavy atom. The number of alkyl halides is 1. The highest BCUT2D eigenvalue weighted by molar-refractivity contribution is 6.17. The molecular formula is C28H53ClO11. The van der Waals surface area contributed by atoms with Crippen molar-refractivity contribution in [2.75, 3.05) is 131 Å². The van der Waals surface area contributed by atoms with Crippen molar-refractivity contribution in [3.8, 4) is 0 Å². The van der Waals surface area contributed by atoms with E-state index in [1.807, 2.05) is 0 Å². The standard InChI is InChI=1S/C28H53ClO11/c1-27(2)28(30)40-26-25-39-24-23-38-22-21-37-20-19-36-18-17-35-16-15-34-14-13-33-12-11-32-10-9-31-8-6-4-3-5-7-29/h1,3-26H2,2H3. The summed E-state index contributed by atoms with van der Waals surface area (Å²) < 4.78 is 53.8. The molecule has 0 bridgehead atoms. The van der Waals surface area contributed by atoms with Crippen molar-refractivity contribution in [3.05, 3.63) is 12.2 Å². The number of hydrogen-bond acceptors (Lipinski definition) is 11. The number of esters is 1. The highest BCUT2D eigenvalue weighted by Crippen LogP contribution is 2.01. The van der Waals surface area contributed by atoms with Crippen LogP contribution in [0.15, 0.2) is 12.2 Å². The molecule has 0 heterocycles. The zero-order valence-electron chi connectivity index (χ0n) is 24.5. The molecule has 0 aliphatic carbocycles. The first-order chi connectivity index (χ1) is 19.7. The molecule has 0 aromatic rings. The van der Waals surface area contributed by atoms with Gasteiger partial charge in [-0.05, 0) is 19.8 Å². The molecule has 0 aliphatic heterocycles. The molecule has 0 aliphatic rings. The summed E-state index contributed by atoms with van der Waals surface area (Å²) >= 11 is 5.64. The van der Waals surface area contributed by atoms with Gasteiger partial charge in [-0.15, -0.1) is 11.6 Å². The summed E-state index contributed by atoms with van der Waals surface area (Å²) in [7, 11) is 0. The number of carbonyl (C=O) groups is 1. The van der Waals surface area contributed by atoms with Crippen LogP contribution < -0.4 is 0 Å². The average Bonchev–Trinajstić information content (AvgIpc) is 2.95. The van der Waals surface area contributed by atoms with Gasteiger partial charge in [-0.3, -0.25) is 0 Å². The Balaban J connectivity index is 3.06. The Morgan fingerprint density at radius 2 is 0.725 bits per heavy atom. The number of rotatable bonds is 34. The minimum atomic E-state index is -0.410. The summed E-state index contributed by atoms with van der Waals surface area (Å²) in [5.41, 5.74) is 0.372. The lowest BCUT2D eigenvalue weighted by Gasteiger charge is -2.09. The maximum Gasteiger partial charge on any atom is 0.333 e. The van der Waals surface area contributed by atoms with Gasteiger partial charge in [-0.25, -0.2) is 4.79 Å². The minimum Gasteiger partial charge on any atom is -0.460 e. The molecule has 238 valence electrons. The molecular weight excluding hydrogens is 548 g/mol. The Labute approximate surface area is 246 Å². The van der Waals surface area contributed by atoms with Gasteiger partial charge in [0.25, 0.3) is 0 Å². The summed E-state index contributed by atoms with van der Waals surface area (Å²) in [6.07, 6.45) is 4.49. The predicted molar refractivity (Wildman–Crippen MR) is 152 cm³/mol. The van der Waals surface area contributed by atoms with Gasteiger partial charge in [0.1, 0.15) is 6.61 Å². The van der Waals surface area contributed by atoms with Crippen LogP contribution in [0.25, 0.3) is 0 Å². The number of hydrogen-bond donors (Lipinski definition) is 0. The van der Waals surface area contributed by atoms with Gasteiger partial charge >= 0.3 is 5.97 Å². The minimum absolute atomic E-state index is 0.203. The number of unbranched alkanes of at least 4 members (excludes halogenated alkanes) is 3. The van der Waals surface area contributed by atoms with Gasteiger partial charge in [0, 0.05) is 18.1 Å². The van der Waals surface area contributed by atoms with Crippen LogP contribution in [0, 0.1) is 0 Å². The van der Waals surface area contributed by atoms with Crippen LogP contribution in [0.2, 0.25) is 0 Å². The van der Waals surface area contributed by atoms with E-state index in [1.54, 1.807) is 6.92 Å². The number of ether oxygens (including phenoxy) is 10. The maximum absolute atomic E-state index is 11.2. The van der Waals surface area contributed by atoms with E-state index in [-0.39, 0.29) is 6.61 Å². The molecule has 0 radical (unpaired) electrons. The van der Waals surface area contributed by atoms with E-state index in [4.69, 9.17) is 59.0 Å². The quantitative estimate of drug-likeness (QED) is 0.0470. The van der Waals surface area contributed by atoms with E-state index in [0.717, 1.165) is 25.3 Å². The zero-order valence-corrected chi connectivity index (χ0v) is 25.3. The van der Waals surface area contributed by atoms with Gasteiger partial charge in [0.2, 0.25) is 0 Å². The van der Waals surface area contributed by atoms with Crippen LogP contribution in [0.3, 0.4) is 0 Å². The van der Waals surface area contributed by atoms with Crippen molar-refractivity contribution >= 4 is 17.6 Å². The molecule has 11 nitrogen and oxygen atoms in total. The Bertz CT molecular complexity index is 540. The van der Waals surface area contributed by atoms with E-state index in [0.29, 0.717) is 118 Å². The van der Waals surface area contributed by atoms with Crippen molar-refractivity contribution in [1.82, 2.24) is 0 Å². The Morgan fingerprint density at radius 1 is 0.450 bits per heavy atom. The van der Waals surface area contributed by atoms with Gasteiger partial charge in [0.15, 0.2) is 0 Å². The Kier molecular flexibility index (Phi) is 33.6. The van der Waals surface area contributed by atoms with E-state index < -0.39 is 5.97 Å². The fraction of sp³-hybridized carbons (Fsp3) is 0.893. The molecule has 0 rings (SSSR count). The van der Waals surface area contributed by atoms with E-state index in [1.165, 1.54) is 12.8 Å². The highest BCUT2D eigenvalue weighted by Gasteiger charge is 2.02. The van der Waals surface area contributed by atoms with Gasteiger partial charge in [-0.1, -0.05) is 19.4 Å². The second-order valence-corrected chi connectivity index (χ2v) is 8.91. The van der Waals surface area contributed by atoms with E-state index in [9.17, 15) is 4.79 Å². The molecule has 12 heteroatoms. The predicted octanol–water partition coefficient (Wildman–Crippen LogP) is 3.05. The second-order valence-electron chi connectivity index (χ2n) is 8.53. The lowest BCUT2D eigenvalue weighted by molar-refractivity contribution is -0.140. The smallest absolute Gasteiger partial charge is 0.333 e. The summed E-state index contributed by atoms with van der Waals surface area (Å²) in [4.78, 5) is 11.2. The molecule has 0 spiro atoms. The third kappa shape index (κ3) is 33.3. The van der Waals surface area contributed by atoms with E-state index >= 15 is 0 Å². The number of halogens is 1. The van der Waals surface area contributed by atoms with Gasteiger partial charge in [-0.2, -0.15) is 0 Å². The molecule has 0 atom stereocenters. The summed E-state index contributed by atoms with van der Waals surface area (Å²) in [6.45, 7) is 14.6. The summed E-state index contributed by atoms with van der Waals surface area (Å²) in [5.74, 6) is 0.332. The largest absolute Gasteiger partial charge is 0.460 e. The van der Waals surface area contributed by atoms with Crippen LogP contribution in [-0.2, 0) is 52.2 Å². The molecule has 40 heavy (non-hydrogen) atoms. The SMILES string of the molecule is C=C(C)C(=O)OCCOCCOCCOCCOCCOCCOCCOCCOCCOCCCCCCCl. The van der Waals surface area contributed by atoms with E-state index in [2.05, 4.69) is 6.58 Å². The van der Waals surface area contributed by atoms with Crippen molar-refractivity contribution in [1.29, 1.82) is 0 Å². The summed E-state index contributed by atoms with van der Waals surface area (Å²) in [5, 5.41) is 0. The topological polar surface area (TPSA) is 109 Å². The third-order valence-electron chi connectivity index (χ3n) is 4.96. The first-order valence-electron chi connectivity index (χ1n) is 14.3. The Hall–Kier alpha value is -0.860. The highest BCUT2D eigenvalue weighted by atomic mass is 35.5. The van der Waals surface area contributed by atoms with Crippen LogP contribution in [0.5, 0.6) is 0 Å². The van der Waals surface area contributed by atoms with Crippen molar-refractivity contribution in [3.63, 3.8) is 0 Å². The fourth-order valence-electron chi connectivity index (χ4n) is 2.83. The molecule has 0 amide bonds. The molecule has 0 N–H and O–H groups in total. The molecule has 0 fully saturated rings. The summed E-state index contributed by atoms with van der Waals surface area (Å²) in [6, 6.07) is 0. The first-order valence-corrected chi connectivity index (χ1v) is 14.8. The van der Waals surface area contributed by atoms with Crippen molar-refractivity contribution in [2.24, 2.45) is 0 Å². The lowest BCUT2D eigenvalue weighted by Crippen LogP contribution is -2.15. The normalized spacial score (nSPS) is 11.2. The second kappa shape index (κ2) is 34.3. The maximum atomic E-state index is 11.2.